The van der Waals surface area contributed by atoms with Crippen LogP contribution in [0.5, 0.6) is 0 Å². The van der Waals surface area contributed by atoms with E-state index in [0.29, 0.717) is 49.6 Å². The third kappa shape index (κ3) is 3.43. The molecule has 2 rings (SSSR count). The van der Waals surface area contributed by atoms with Gasteiger partial charge in [0.2, 0.25) is 5.91 Å². The Bertz CT molecular complexity index is 497. The van der Waals surface area contributed by atoms with Crippen LogP contribution in [0.4, 0.5) is 0 Å². The molecule has 0 aromatic carbocycles. The molecule has 2 amide bonds. The van der Waals surface area contributed by atoms with Crippen molar-refractivity contribution in [1.29, 1.82) is 0 Å². The number of aryl methyl sites for hydroxylation is 2. The Kier molecular flexibility index (Phi) is 4.98. The summed E-state index contributed by atoms with van der Waals surface area (Å²) in [6.45, 7) is 7.95. The fraction of sp³-hybridized carbons (Fsp3) is 0.667. The van der Waals surface area contributed by atoms with Crippen molar-refractivity contribution in [2.45, 2.75) is 40.0 Å². The van der Waals surface area contributed by atoms with E-state index in [4.69, 9.17) is 4.52 Å². The number of unbranched alkanes of at least 4 members (excludes halogenated alkanes) is 1. The minimum atomic E-state index is -0.0492. The molecule has 1 aliphatic rings. The molecular formula is C15H23N3O3. The number of nitrogens with zero attached hydrogens (tertiary/aromatic N) is 3. The number of carbonyl (C=O) groups is 2. The van der Waals surface area contributed by atoms with Crippen LogP contribution in [0.3, 0.4) is 0 Å². The molecule has 0 bridgehead atoms. The summed E-state index contributed by atoms with van der Waals surface area (Å²) in [5.41, 5.74) is 1.18. The second-order valence-electron chi connectivity index (χ2n) is 5.48. The van der Waals surface area contributed by atoms with Crippen molar-refractivity contribution >= 4 is 11.8 Å². The maximum absolute atomic E-state index is 12.5. The van der Waals surface area contributed by atoms with Gasteiger partial charge in [0.25, 0.3) is 5.91 Å². The second kappa shape index (κ2) is 6.74. The lowest BCUT2D eigenvalue weighted by Gasteiger charge is -2.34. The van der Waals surface area contributed by atoms with Crippen LogP contribution in [0.15, 0.2) is 4.52 Å². The highest BCUT2D eigenvalue weighted by Crippen LogP contribution is 2.16. The number of hydrogen-bond donors (Lipinski definition) is 0. The van der Waals surface area contributed by atoms with Crippen molar-refractivity contribution in [1.82, 2.24) is 15.0 Å². The molecular weight excluding hydrogens is 270 g/mol. The van der Waals surface area contributed by atoms with Crippen LogP contribution in [0.25, 0.3) is 0 Å². The molecule has 0 N–H and O–H groups in total. The SMILES string of the molecule is CCCCC(=O)N1CCN(C(=O)c2c(C)noc2C)CC1. The van der Waals surface area contributed by atoms with E-state index in [1.54, 1.807) is 18.7 Å². The zero-order chi connectivity index (χ0) is 15.4. The molecule has 1 saturated heterocycles. The van der Waals surface area contributed by atoms with Crippen LogP contribution in [0.1, 0.15) is 48.0 Å². The first kappa shape index (κ1) is 15.5. The fourth-order valence-corrected chi connectivity index (χ4v) is 2.59. The van der Waals surface area contributed by atoms with Gasteiger partial charge in [-0.15, -0.1) is 0 Å². The average Bonchev–Trinajstić information content (AvgIpc) is 2.83. The fourth-order valence-electron chi connectivity index (χ4n) is 2.59. The molecule has 0 radical (unpaired) electrons. The van der Waals surface area contributed by atoms with Gasteiger partial charge < -0.3 is 14.3 Å². The molecule has 116 valence electrons. The standard InChI is InChI=1S/C15H23N3O3/c1-4-5-6-13(19)17-7-9-18(10-8-17)15(20)14-11(2)16-21-12(14)3/h4-10H2,1-3H3. The third-order valence-electron chi connectivity index (χ3n) is 3.91. The van der Waals surface area contributed by atoms with Crippen molar-refractivity contribution in [3.8, 4) is 0 Å². The summed E-state index contributed by atoms with van der Waals surface area (Å²) in [5.74, 6) is 0.701. The van der Waals surface area contributed by atoms with Crippen LogP contribution in [-0.2, 0) is 4.79 Å². The Hall–Kier alpha value is -1.85. The highest BCUT2D eigenvalue weighted by atomic mass is 16.5. The monoisotopic (exact) mass is 293 g/mol. The lowest BCUT2D eigenvalue weighted by molar-refractivity contribution is -0.132. The van der Waals surface area contributed by atoms with Gasteiger partial charge in [-0.25, -0.2) is 0 Å². The topological polar surface area (TPSA) is 66.7 Å². The summed E-state index contributed by atoms with van der Waals surface area (Å²) in [4.78, 5) is 28.1. The van der Waals surface area contributed by atoms with Gasteiger partial charge in [0.05, 0.1) is 5.69 Å². The van der Waals surface area contributed by atoms with Crippen LogP contribution >= 0.6 is 0 Å². The Morgan fingerprint density at radius 1 is 1.14 bits per heavy atom. The van der Waals surface area contributed by atoms with E-state index in [1.165, 1.54) is 0 Å². The van der Waals surface area contributed by atoms with Gasteiger partial charge in [-0.05, 0) is 20.3 Å². The van der Waals surface area contributed by atoms with Crippen molar-refractivity contribution in [2.75, 3.05) is 26.2 Å². The van der Waals surface area contributed by atoms with Gasteiger partial charge in [0, 0.05) is 32.6 Å². The molecule has 0 aliphatic carbocycles. The number of hydrogen-bond acceptors (Lipinski definition) is 4. The summed E-state index contributed by atoms with van der Waals surface area (Å²) in [5, 5.41) is 3.82. The molecule has 0 spiro atoms. The maximum atomic E-state index is 12.5. The van der Waals surface area contributed by atoms with Crippen molar-refractivity contribution < 1.29 is 14.1 Å². The van der Waals surface area contributed by atoms with Crippen LogP contribution in [-0.4, -0.2) is 52.9 Å². The van der Waals surface area contributed by atoms with E-state index < -0.39 is 0 Å². The first-order valence-corrected chi connectivity index (χ1v) is 7.54. The van der Waals surface area contributed by atoms with Gasteiger partial charge in [-0.3, -0.25) is 9.59 Å². The Balaban J connectivity index is 1.92. The highest BCUT2D eigenvalue weighted by molar-refractivity contribution is 5.96. The summed E-state index contributed by atoms with van der Waals surface area (Å²) >= 11 is 0. The van der Waals surface area contributed by atoms with E-state index in [0.717, 1.165) is 12.8 Å². The van der Waals surface area contributed by atoms with Gasteiger partial charge >= 0.3 is 0 Å². The van der Waals surface area contributed by atoms with E-state index in [-0.39, 0.29) is 11.8 Å². The minimum Gasteiger partial charge on any atom is -0.361 e. The Labute approximate surface area is 125 Å². The van der Waals surface area contributed by atoms with Crippen LogP contribution < -0.4 is 0 Å². The second-order valence-corrected chi connectivity index (χ2v) is 5.48. The largest absolute Gasteiger partial charge is 0.361 e. The smallest absolute Gasteiger partial charge is 0.259 e. The predicted octanol–water partition coefficient (Wildman–Crippen LogP) is 1.77. The Morgan fingerprint density at radius 2 is 1.76 bits per heavy atom. The van der Waals surface area contributed by atoms with E-state index in [1.807, 2.05) is 4.90 Å². The average molecular weight is 293 g/mol. The summed E-state index contributed by atoms with van der Waals surface area (Å²) in [7, 11) is 0. The molecule has 6 heteroatoms. The molecule has 0 saturated carbocycles. The number of amides is 2. The zero-order valence-electron chi connectivity index (χ0n) is 13.0. The van der Waals surface area contributed by atoms with Crippen molar-refractivity contribution in [3.63, 3.8) is 0 Å². The first-order chi connectivity index (χ1) is 10.0. The number of carbonyl (C=O) groups excluding carboxylic acids is 2. The number of piperazine rings is 1. The highest BCUT2D eigenvalue weighted by Gasteiger charge is 2.27. The predicted molar refractivity (Wildman–Crippen MR) is 78.0 cm³/mol. The molecule has 21 heavy (non-hydrogen) atoms. The first-order valence-electron chi connectivity index (χ1n) is 7.54. The summed E-state index contributed by atoms with van der Waals surface area (Å²) in [6, 6.07) is 0. The number of rotatable bonds is 4. The van der Waals surface area contributed by atoms with Gasteiger partial charge in [-0.1, -0.05) is 18.5 Å². The Morgan fingerprint density at radius 3 is 2.29 bits per heavy atom. The van der Waals surface area contributed by atoms with Crippen LogP contribution in [0, 0.1) is 13.8 Å². The molecule has 1 aromatic heterocycles. The lowest BCUT2D eigenvalue weighted by Crippen LogP contribution is -2.50. The molecule has 1 fully saturated rings. The van der Waals surface area contributed by atoms with Crippen molar-refractivity contribution in [3.05, 3.63) is 17.0 Å². The van der Waals surface area contributed by atoms with E-state index >= 15 is 0 Å². The maximum Gasteiger partial charge on any atom is 0.259 e. The molecule has 6 nitrogen and oxygen atoms in total. The molecule has 0 unspecified atom stereocenters. The molecule has 2 heterocycles. The molecule has 1 aliphatic heterocycles. The van der Waals surface area contributed by atoms with E-state index in [2.05, 4.69) is 12.1 Å². The number of aromatic nitrogens is 1. The van der Waals surface area contributed by atoms with Gasteiger partial charge in [0.1, 0.15) is 11.3 Å². The van der Waals surface area contributed by atoms with Gasteiger partial charge in [0.15, 0.2) is 0 Å². The normalized spacial score (nSPS) is 15.4. The zero-order valence-corrected chi connectivity index (χ0v) is 13.0. The third-order valence-corrected chi connectivity index (χ3v) is 3.91. The van der Waals surface area contributed by atoms with Crippen LogP contribution in [0.2, 0.25) is 0 Å². The summed E-state index contributed by atoms with van der Waals surface area (Å²) in [6.07, 6.45) is 2.56. The molecule has 0 atom stereocenters. The molecule has 1 aromatic rings. The van der Waals surface area contributed by atoms with Crippen molar-refractivity contribution in [2.24, 2.45) is 0 Å². The van der Waals surface area contributed by atoms with E-state index in [9.17, 15) is 9.59 Å². The minimum absolute atomic E-state index is 0.0492. The lowest BCUT2D eigenvalue weighted by atomic mass is 10.1. The summed E-state index contributed by atoms with van der Waals surface area (Å²) < 4.78 is 5.05. The van der Waals surface area contributed by atoms with Gasteiger partial charge in [-0.2, -0.15) is 0 Å². The quantitative estimate of drug-likeness (QED) is 0.848.